The second-order valence-electron chi connectivity index (χ2n) is 3.31. The summed E-state index contributed by atoms with van der Waals surface area (Å²) in [7, 11) is 0. The van der Waals surface area contributed by atoms with Crippen LogP contribution in [0.3, 0.4) is 0 Å². The fourth-order valence-corrected chi connectivity index (χ4v) is 1.18. The van der Waals surface area contributed by atoms with E-state index in [-0.39, 0.29) is 11.5 Å². The number of amides is 1. The Morgan fingerprint density at radius 1 is 1.62 bits per heavy atom. The molecule has 70 valence electrons. The van der Waals surface area contributed by atoms with Gasteiger partial charge in [-0.3, -0.25) is 4.79 Å². The van der Waals surface area contributed by atoms with E-state index < -0.39 is 5.91 Å². The fourth-order valence-electron chi connectivity index (χ4n) is 1.18. The Bertz CT molecular complexity index is 341. The molecule has 1 fully saturated rings. The van der Waals surface area contributed by atoms with Gasteiger partial charge in [-0.25, -0.2) is 4.68 Å². The average molecular weight is 181 g/mol. The molecular weight excluding hydrogens is 170 g/mol. The maximum absolute atomic E-state index is 10.8. The van der Waals surface area contributed by atoms with Gasteiger partial charge in [0.25, 0.3) is 5.91 Å². The van der Waals surface area contributed by atoms with E-state index in [4.69, 9.17) is 11.5 Å². The SMILES string of the molecule is NC(=O)c1nnn(CC2CC2)c1N. The van der Waals surface area contributed by atoms with Gasteiger partial charge in [0, 0.05) is 6.54 Å². The van der Waals surface area contributed by atoms with Gasteiger partial charge in [0.1, 0.15) is 0 Å². The van der Waals surface area contributed by atoms with Crippen molar-refractivity contribution in [3.63, 3.8) is 0 Å². The molecule has 0 unspecified atom stereocenters. The van der Waals surface area contributed by atoms with E-state index in [1.807, 2.05) is 0 Å². The Labute approximate surface area is 74.9 Å². The average Bonchev–Trinajstić information content (AvgIpc) is 2.78. The minimum atomic E-state index is -0.625. The number of nitrogen functional groups attached to an aromatic ring is 1. The van der Waals surface area contributed by atoms with Gasteiger partial charge in [0.05, 0.1) is 0 Å². The molecule has 1 amide bonds. The van der Waals surface area contributed by atoms with E-state index >= 15 is 0 Å². The molecule has 0 aliphatic heterocycles. The highest BCUT2D eigenvalue weighted by atomic mass is 16.1. The first-order valence-corrected chi connectivity index (χ1v) is 4.17. The van der Waals surface area contributed by atoms with Crippen molar-refractivity contribution in [2.24, 2.45) is 11.7 Å². The molecule has 0 aromatic carbocycles. The zero-order valence-corrected chi connectivity index (χ0v) is 7.10. The number of primary amides is 1. The summed E-state index contributed by atoms with van der Waals surface area (Å²) >= 11 is 0. The Kier molecular flexibility index (Phi) is 1.68. The van der Waals surface area contributed by atoms with Gasteiger partial charge in [0.15, 0.2) is 11.5 Å². The second kappa shape index (κ2) is 2.72. The van der Waals surface area contributed by atoms with Crippen molar-refractivity contribution in [3.8, 4) is 0 Å². The van der Waals surface area contributed by atoms with Crippen molar-refractivity contribution in [2.75, 3.05) is 5.73 Å². The topological polar surface area (TPSA) is 99.8 Å². The molecule has 1 heterocycles. The van der Waals surface area contributed by atoms with Crippen molar-refractivity contribution in [3.05, 3.63) is 5.69 Å². The maximum atomic E-state index is 10.8. The first kappa shape index (κ1) is 8.03. The minimum absolute atomic E-state index is 0.0700. The summed E-state index contributed by atoms with van der Waals surface area (Å²) in [6.07, 6.45) is 2.40. The summed E-state index contributed by atoms with van der Waals surface area (Å²) in [5, 5.41) is 7.37. The second-order valence-corrected chi connectivity index (χ2v) is 3.31. The van der Waals surface area contributed by atoms with Crippen LogP contribution in [-0.4, -0.2) is 20.9 Å². The van der Waals surface area contributed by atoms with E-state index in [2.05, 4.69) is 10.3 Å². The number of anilines is 1. The normalized spacial score (nSPS) is 16.0. The van der Waals surface area contributed by atoms with Crippen LogP contribution >= 0.6 is 0 Å². The Balaban J connectivity index is 2.21. The lowest BCUT2D eigenvalue weighted by Gasteiger charge is -1.99. The monoisotopic (exact) mass is 181 g/mol. The predicted octanol–water partition coefficient (Wildman–Crippen LogP) is -0.631. The first-order valence-electron chi connectivity index (χ1n) is 4.17. The van der Waals surface area contributed by atoms with Crippen LogP contribution < -0.4 is 11.5 Å². The van der Waals surface area contributed by atoms with E-state index in [1.165, 1.54) is 17.5 Å². The molecule has 0 saturated heterocycles. The lowest BCUT2D eigenvalue weighted by atomic mass is 10.4. The number of rotatable bonds is 3. The van der Waals surface area contributed by atoms with Crippen LogP contribution in [0.25, 0.3) is 0 Å². The molecule has 13 heavy (non-hydrogen) atoms. The van der Waals surface area contributed by atoms with Crippen molar-refractivity contribution >= 4 is 11.7 Å². The quantitative estimate of drug-likeness (QED) is 0.648. The Morgan fingerprint density at radius 3 is 2.77 bits per heavy atom. The third-order valence-electron chi connectivity index (χ3n) is 2.13. The fraction of sp³-hybridized carbons (Fsp3) is 0.571. The number of aromatic nitrogens is 3. The molecule has 1 aliphatic rings. The maximum Gasteiger partial charge on any atom is 0.273 e. The Hall–Kier alpha value is -1.59. The number of hydrogen-bond donors (Lipinski definition) is 2. The number of nitrogens with two attached hydrogens (primary N) is 2. The number of hydrogen-bond acceptors (Lipinski definition) is 4. The van der Waals surface area contributed by atoms with Crippen LogP contribution in [0, 0.1) is 5.92 Å². The third-order valence-corrected chi connectivity index (χ3v) is 2.13. The van der Waals surface area contributed by atoms with E-state index in [0.29, 0.717) is 5.92 Å². The molecule has 6 heteroatoms. The van der Waals surface area contributed by atoms with E-state index in [0.717, 1.165) is 6.54 Å². The highest BCUT2D eigenvalue weighted by Crippen LogP contribution is 2.31. The summed E-state index contributed by atoms with van der Waals surface area (Å²) in [6, 6.07) is 0. The van der Waals surface area contributed by atoms with Crippen LogP contribution in [0.15, 0.2) is 0 Å². The summed E-state index contributed by atoms with van der Waals surface area (Å²) < 4.78 is 1.54. The van der Waals surface area contributed by atoms with Gasteiger partial charge in [-0.2, -0.15) is 0 Å². The number of carbonyl (C=O) groups is 1. The van der Waals surface area contributed by atoms with Crippen LogP contribution in [-0.2, 0) is 6.54 Å². The summed E-state index contributed by atoms with van der Waals surface area (Å²) in [5.74, 6) is 0.295. The number of carbonyl (C=O) groups excluding carboxylic acids is 1. The van der Waals surface area contributed by atoms with Crippen LogP contribution in [0.5, 0.6) is 0 Å². The summed E-state index contributed by atoms with van der Waals surface area (Å²) in [5.41, 5.74) is 10.7. The lowest BCUT2D eigenvalue weighted by molar-refractivity contribution is 0.0996. The first-order chi connectivity index (χ1) is 6.18. The van der Waals surface area contributed by atoms with Crippen LogP contribution in [0.2, 0.25) is 0 Å². The molecule has 1 aromatic rings. The highest BCUT2D eigenvalue weighted by Gasteiger charge is 2.24. The van der Waals surface area contributed by atoms with Crippen molar-refractivity contribution in [1.29, 1.82) is 0 Å². The lowest BCUT2D eigenvalue weighted by Crippen LogP contribution is -2.15. The predicted molar refractivity (Wildman–Crippen MR) is 45.7 cm³/mol. The molecular formula is C7H11N5O. The zero-order valence-electron chi connectivity index (χ0n) is 7.10. The van der Waals surface area contributed by atoms with E-state index in [1.54, 1.807) is 0 Å². The molecule has 0 radical (unpaired) electrons. The molecule has 6 nitrogen and oxygen atoms in total. The highest BCUT2D eigenvalue weighted by molar-refractivity contribution is 5.94. The van der Waals surface area contributed by atoms with Gasteiger partial charge >= 0.3 is 0 Å². The molecule has 2 rings (SSSR count). The smallest absolute Gasteiger partial charge is 0.273 e. The molecule has 0 bridgehead atoms. The molecule has 0 spiro atoms. The third kappa shape index (κ3) is 1.47. The summed E-state index contributed by atoms with van der Waals surface area (Å²) in [6.45, 7) is 0.742. The number of nitrogens with zero attached hydrogens (tertiary/aromatic N) is 3. The molecule has 1 aliphatic carbocycles. The van der Waals surface area contributed by atoms with Gasteiger partial charge in [-0.05, 0) is 18.8 Å². The van der Waals surface area contributed by atoms with Gasteiger partial charge in [-0.1, -0.05) is 5.21 Å². The van der Waals surface area contributed by atoms with Gasteiger partial charge in [-0.15, -0.1) is 5.10 Å². The van der Waals surface area contributed by atoms with Crippen molar-refractivity contribution < 1.29 is 4.79 Å². The molecule has 4 N–H and O–H groups in total. The zero-order chi connectivity index (χ0) is 9.42. The van der Waals surface area contributed by atoms with Crippen LogP contribution in [0.4, 0.5) is 5.82 Å². The van der Waals surface area contributed by atoms with Crippen molar-refractivity contribution in [2.45, 2.75) is 19.4 Å². The minimum Gasteiger partial charge on any atom is -0.382 e. The van der Waals surface area contributed by atoms with Gasteiger partial charge < -0.3 is 11.5 Å². The van der Waals surface area contributed by atoms with E-state index in [9.17, 15) is 4.79 Å². The van der Waals surface area contributed by atoms with Crippen molar-refractivity contribution in [1.82, 2.24) is 15.0 Å². The van der Waals surface area contributed by atoms with Gasteiger partial charge in [0.2, 0.25) is 0 Å². The Morgan fingerprint density at radius 2 is 2.31 bits per heavy atom. The van der Waals surface area contributed by atoms with Crippen LogP contribution in [0.1, 0.15) is 23.3 Å². The largest absolute Gasteiger partial charge is 0.382 e. The summed E-state index contributed by atoms with van der Waals surface area (Å²) in [4.78, 5) is 10.8. The molecule has 0 atom stereocenters. The molecule has 1 saturated carbocycles. The standard InChI is InChI=1S/C7H11N5O/c8-6-5(7(9)13)10-11-12(6)3-4-1-2-4/h4H,1-3,8H2,(H2,9,13). The molecule has 1 aromatic heterocycles.